The predicted octanol–water partition coefficient (Wildman–Crippen LogP) is 3.64. The molecule has 2 amide bonds. The van der Waals surface area contributed by atoms with Gasteiger partial charge in [0.25, 0.3) is 11.8 Å². The number of aliphatic hydroxyl groups is 1. The van der Waals surface area contributed by atoms with Crippen molar-refractivity contribution in [3.05, 3.63) is 66.1 Å². The van der Waals surface area contributed by atoms with Crippen LogP contribution in [0.2, 0.25) is 0 Å². The second-order valence-corrected chi connectivity index (χ2v) is 10.7. The van der Waals surface area contributed by atoms with Gasteiger partial charge in [-0.3, -0.25) is 14.5 Å². The summed E-state index contributed by atoms with van der Waals surface area (Å²) in [5.74, 6) is -2.61. The Balaban J connectivity index is 1.48. The number of nitrogens with one attached hydrogen (secondary N) is 1. The number of carbonyl (C=O) groups is 3. The van der Waals surface area contributed by atoms with Crippen LogP contribution < -0.4 is 10.1 Å². The van der Waals surface area contributed by atoms with Gasteiger partial charge < -0.3 is 20.3 Å². The van der Waals surface area contributed by atoms with Crippen molar-refractivity contribution in [2.75, 3.05) is 6.61 Å². The van der Waals surface area contributed by atoms with Crippen LogP contribution >= 0.6 is 32.9 Å². The SMILES string of the molecule is CC(O)=C(C(=O)O)N1C(=O)[C@@H](NC(=O)COc2ccccc2)[C@H]1SSc1nc2ccccc2s1. The molecule has 2 atom stereocenters. The van der Waals surface area contributed by atoms with Gasteiger partial charge in [-0.1, -0.05) is 41.1 Å². The first kappa shape index (κ1) is 23.9. The first-order valence-electron chi connectivity index (χ1n) is 9.97. The van der Waals surface area contributed by atoms with E-state index in [4.69, 9.17) is 4.74 Å². The number of aliphatic carboxylic acids is 1. The molecular formula is C22H19N3O6S3. The van der Waals surface area contributed by atoms with Crippen LogP contribution in [0.4, 0.5) is 0 Å². The van der Waals surface area contributed by atoms with Crippen LogP contribution in [0, 0.1) is 0 Å². The van der Waals surface area contributed by atoms with E-state index in [2.05, 4.69) is 10.3 Å². The number of para-hydroxylation sites is 2. The number of amides is 2. The Labute approximate surface area is 206 Å². The first-order valence-corrected chi connectivity index (χ1v) is 13.0. The fourth-order valence-corrected chi connectivity index (χ4v) is 7.14. The van der Waals surface area contributed by atoms with Crippen LogP contribution in [0.3, 0.4) is 0 Å². The van der Waals surface area contributed by atoms with Gasteiger partial charge in [0.05, 0.1) is 10.2 Å². The lowest BCUT2D eigenvalue weighted by molar-refractivity contribution is -0.151. The highest BCUT2D eigenvalue weighted by molar-refractivity contribution is 8.77. The Bertz CT molecular complexity index is 1230. The average Bonchev–Trinajstić information content (AvgIpc) is 3.24. The number of benzene rings is 2. The van der Waals surface area contributed by atoms with Crippen LogP contribution in [-0.4, -0.2) is 55.9 Å². The molecule has 0 unspecified atom stereocenters. The normalized spacial score (nSPS) is 18.3. The number of likely N-dealkylation sites (tertiary alicyclic amines) is 1. The molecule has 1 aliphatic heterocycles. The van der Waals surface area contributed by atoms with E-state index in [1.807, 2.05) is 30.3 Å². The lowest BCUT2D eigenvalue weighted by Crippen LogP contribution is -2.69. The summed E-state index contributed by atoms with van der Waals surface area (Å²) >= 11 is 1.46. The minimum Gasteiger partial charge on any atom is -0.510 e. The molecule has 1 fully saturated rings. The summed E-state index contributed by atoms with van der Waals surface area (Å²) in [6.45, 7) is 0.885. The number of carboxylic acids is 1. The zero-order valence-corrected chi connectivity index (χ0v) is 20.2. The number of aliphatic hydroxyl groups excluding tert-OH is 1. The van der Waals surface area contributed by atoms with Gasteiger partial charge in [-0.25, -0.2) is 9.78 Å². The molecule has 1 aromatic heterocycles. The maximum Gasteiger partial charge on any atom is 0.356 e. The highest BCUT2D eigenvalue weighted by Crippen LogP contribution is 2.45. The molecule has 12 heteroatoms. The monoisotopic (exact) mass is 517 g/mol. The highest BCUT2D eigenvalue weighted by Gasteiger charge is 2.52. The Kier molecular flexibility index (Phi) is 7.29. The van der Waals surface area contributed by atoms with Crippen LogP contribution in [0.5, 0.6) is 5.75 Å². The molecule has 0 spiro atoms. The molecule has 2 aromatic carbocycles. The fourth-order valence-electron chi connectivity index (χ4n) is 3.22. The molecule has 1 saturated heterocycles. The Morgan fingerprint density at radius 1 is 1.15 bits per heavy atom. The summed E-state index contributed by atoms with van der Waals surface area (Å²) in [7, 11) is 2.44. The van der Waals surface area contributed by atoms with E-state index in [-0.39, 0.29) is 6.61 Å². The number of aromatic nitrogens is 1. The lowest BCUT2D eigenvalue weighted by Gasteiger charge is -2.45. The van der Waals surface area contributed by atoms with Crippen LogP contribution in [0.1, 0.15) is 6.92 Å². The van der Waals surface area contributed by atoms with Crippen LogP contribution in [0.25, 0.3) is 10.2 Å². The average molecular weight is 518 g/mol. The molecule has 0 bridgehead atoms. The number of hydrogen-bond acceptors (Lipinski definition) is 9. The van der Waals surface area contributed by atoms with Crippen molar-refractivity contribution >= 4 is 60.9 Å². The molecule has 2 heterocycles. The summed E-state index contributed by atoms with van der Waals surface area (Å²) < 4.78 is 7.13. The predicted molar refractivity (Wildman–Crippen MR) is 131 cm³/mol. The van der Waals surface area contributed by atoms with Gasteiger partial charge >= 0.3 is 5.97 Å². The third kappa shape index (κ3) is 5.13. The van der Waals surface area contributed by atoms with Crippen LogP contribution in [-0.2, 0) is 14.4 Å². The van der Waals surface area contributed by atoms with Gasteiger partial charge in [-0.15, -0.1) is 11.3 Å². The Hall–Kier alpha value is -3.22. The van der Waals surface area contributed by atoms with Gasteiger partial charge in [0, 0.05) is 0 Å². The summed E-state index contributed by atoms with van der Waals surface area (Å²) in [5, 5.41) is 21.2. The largest absolute Gasteiger partial charge is 0.510 e. The molecule has 176 valence electrons. The van der Waals surface area contributed by atoms with E-state index >= 15 is 0 Å². The number of fused-ring (bicyclic) bond motifs is 1. The number of hydrogen-bond donors (Lipinski definition) is 3. The Morgan fingerprint density at radius 3 is 2.53 bits per heavy atom. The minimum atomic E-state index is -1.44. The number of rotatable bonds is 9. The molecule has 1 aliphatic rings. The summed E-state index contributed by atoms with van der Waals surface area (Å²) in [6.07, 6.45) is 0. The van der Waals surface area contributed by atoms with Crippen molar-refractivity contribution < 1.29 is 29.3 Å². The number of carbonyl (C=O) groups excluding carboxylic acids is 2. The fraction of sp³-hybridized carbons (Fsp3) is 0.182. The van der Waals surface area contributed by atoms with E-state index in [9.17, 15) is 24.6 Å². The lowest BCUT2D eigenvalue weighted by atomic mass is 10.1. The Morgan fingerprint density at radius 2 is 1.85 bits per heavy atom. The smallest absolute Gasteiger partial charge is 0.356 e. The van der Waals surface area contributed by atoms with Gasteiger partial charge in [-0.05, 0) is 42.0 Å². The second-order valence-electron chi connectivity index (χ2n) is 7.11. The number of nitrogens with zero attached hydrogens (tertiary/aromatic N) is 2. The molecule has 0 radical (unpaired) electrons. The first-order chi connectivity index (χ1) is 16.3. The molecule has 0 saturated carbocycles. The quantitative estimate of drug-likeness (QED) is 0.169. The third-order valence-electron chi connectivity index (χ3n) is 4.75. The molecule has 34 heavy (non-hydrogen) atoms. The summed E-state index contributed by atoms with van der Waals surface area (Å²) in [4.78, 5) is 42.4. The van der Waals surface area contributed by atoms with Gasteiger partial charge in [0.2, 0.25) is 0 Å². The van der Waals surface area contributed by atoms with Crippen molar-refractivity contribution in [2.45, 2.75) is 22.7 Å². The van der Waals surface area contributed by atoms with Gasteiger partial charge in [0.1, 0.15) is 22.9 Å². The molecule has 4 rings (SSSR count). The maximum atomic E-state index is 12.8. The molecular weight excluding hydrogens is 498 g/mol. The summed E-state index contributed by atoms with van der Waals surface area (Å²) in [5.41, 5.74) is 0.302. The minimum absolute atomic E-state index is 0.309. The number of thiazole rings is 1. The van der Waals surface area contributed by atoms with Crippen molar-refractivity contribution in [1.29, 1.82) is 0 Å². The molecule has 3 aromatic rings. The topological polar surface area (TPSA) is 129 Å². The number of allylic oxidation sites excluding steroid dienone is 1. The number of ether oxygens (including phenoxy) is 1. The van der Waals surface area contributed by atoms with Crippen LogP contribution in [0.15, 0.2) is 70.4 Å². The van der Waals surface area contributed by atoms with Crippen molar-refractivity contribution in [3.8, 4) is 5.75 Å². The molecule has 0 aliphatic carbocycles. The van der Waals surface area contributed by atoms with Crippen molar-refractivity contribution in [2.24, 2.45) is 0 Å². The van der Waals surface area contributed by atoms with Gasteiger partial charge in [0.15, 0.2) is 16.6 Å². The standard InChI is InChI=1S/C22H19N3O6S3/c1-12(26)18(21(29)30)25-19(28)17(24-16(27)11-31-13-7-3-2-4-8-13)20(25)33-34-22-23-14-9-5-6-10-15(14)32-22/h2-10,17,20,26H,11H2,1H3,(H,24,27)(H,29,30)/t17-,20-/m1/s1. The van der Waals surface area contributed by atoms with Crippen molar-refractivity contribution in [3.63, 3.8) is 0 Å². The van der Waals surface area contributed by atoms with E-state index in [0.717, 1.165) is 15.1 Å². The van der Waals surface area contributed by atoms with E-state index < -0.39 is 40.7 Å². The number of β-lactam (4-membered cyclic amide) rings is 1. The van der Waals surface area contributed by atoms with Gasteiger partial charge in [-0.2, -0.15) is 0 Å². The third-order valence-corrected chi connectivity index (χ3v) is 8.76. The maximum absolute atomic E-state index is 12.8. The van der Waals surface area contributed by atoms with E-state index in [1.165, 1.54) is 39.8 Å². The number of carboxylic acid groups (broad SMARTS) is 1. The molecule has 9 nitrogen and oxygen atoms in total. The highest BCUT2D eigenvalue weighted by atomic mass is 33.1. The zero-order chi connectivity index (χ0) is 24.2. The molecule has 3 N–H and O–H groups in total. The second kappa shape index (κ2) is 10.4. The summed E-state index contributed by atoms with van der Waals surface area (Å²) in [6, 6.07) is 15.4. The van der Waals surface area contributed by atoms with E-state index in [1.54, 1.807) is 24.3 Å². The zero-order valence-electron chi connectivity index (χ0n) is 17.7. The van der Waals surface area contributed by atoms with E-state index in [0.29, 0.717) is 10.1 Å². The van der Waals surface area contributed by atoms with Crippen molar-refractivity contribution in [1.82, 2.24) is 15.2 Å².